The molecule has 6 nitrogen and oxygen atoms in total. The highest BCUT2D eigenvalue weighted by Crippen LogP contribution is 2.17. The Bertz CT molecular complexity index is 744. The van der Waals surface area contributed by atoms with Crippen molar-refractivity contribution in [2.45, 2.75) is 26.3 Å². The molecule has 0 saturated carbocycles. The Kier molecular flexibility index (Phi) is 7.02. The number of ether oxygens (including phenoxy) is 2. The number of benzene rings is 2. The summed E-state index contributed by atoms with van der Waals surface area (Å²) in [6.07, 6.45) is 0.870. The second kappa shape index (κ2) is 9.46. The lowest BCUT2D eigenvalue weighted by molar-refractivity contribution is -0.118. The lowest BCUT2D eigenvalue weighted by atomic mass is 10.2. The first-order chi connectivity index (χ1) is 12.5. The molecule has 1 atom stereocenters. The Morgan fingerprint density at radius 2 is 1.81 bits per heavy atom. The third-order valence-electron chi connectivity index (χ3n) is 3.83. The third-order valence-corrected chi connectivity index (χ3v) is 3.83. The lowest BCUT2D eigenvalue weighted by Crippen LogP contribution is -2.31. The largest absolute Gasteiger partial charge is 0.497 e. The van der Waals surface area contributed by atoms with E-state index >= 15 is 0 Å². The summed E-state index contributed by atoms with van der Waals surface area (Å²) in [4.78, 5) is 24.0. The predicted molar refractivity (Wildman–Crippen MR) is 101 cm³/mol. The number of carbonyl (C=O) groups is 2. The van der Waals surface area contributed by atoms with Crippen molar-refractivity contribution in [3.05, 3.63) is 54.1 Å². The van der Waals surface area contributed by atoms with Crippen LogP contribution in [0.4, 0.5) is 5.69 Å². The maximum absolute atomic E-state index is 12.0. The normalized spacial score (nSPS) is 11.3. The van der Waals surface area contributed by atoms with E-state index in [1.807, 2.05) is 13.8 Å². The smallest absolute Gasteiger partial charge is 0.262 e. The third kappa shape index (κ3) is 5.81. The Hall–Kier alpha value is -3.02. The molecule has 0 aliphatic rings. The van der Waals surface area contributed by atoms with Gasteiger partial charge in [-0.3, -0.25) is 9.59 Å². The van der Waals surface area contributed by atoms with Gasteiger partial charge in [-0.05, 0) is 49.7 Å². The fourth-order valence-corrected chi connectivity index (χ4v) is 2.16. The molecule has 0 unspecified atom stereocenters. The first-order valence-corrected chi connectivity index (χ1v) is 8.49. The van der Waals surface area contributed by atoms with Gasteiger partial charge in [0.2, 0.25) is 0 Å². The Morgan fingerprint density at radius 1 is 1.08 bits per heavy atom. The summed E-state index contributed by atoms with van der Waals surface area (Å²) in [7, 11) is 1.57. The van der Waals surface area contributed by atoms with Gasteiger partial charge in [0.15, 0.2) is 6.61 Å². The van der Waals surface area contributed by atoms with Gasteiger partial charge >= 0.3 is 0 Å². The monoisotopic (exact) mass is 356 g/mol. The molecule has 2 aromatic carbocycles. The first kappa shape index (κ1) is 19.3. The fourth-order valence-electron chi connectivity index (χ4n) is 2.16. The van der Waals surface area contributed by atoms with E-state index in [0.717, 1.165) is 6.42 Å². The van der Waals surface area contributed by atoms with E-state index in [9.17, 15) is 9.59 Å². The maximum Gasteiger partial charge on any atom is 0.262 e. The number of hydrogen-bond acceptors (Lipinski definition) is 4. The van der Waals surface area contributed by atoms with Crippen molar-refractivity contribution in [3.8, 4) is 11.5 Å². The molecule has 0 aliphatic carbocycles. The van der Waals surface area contributed by atoms with E-state index in [1.54, 1.807) is 55.6 Å². The molecule has 2 N–H and O–H groups in total. The van der Waals surface area contributed by atoms with Crippen LogP contribution in [-0.4, -0.2) is 31.6 Å². The van der Waals surface area contributed by atoms with E-state index in [2.05, 4.69) is 10.6 Å². The minimum absolute atomic E-state index is 0.123. The molecule has 26 heavy (non-hydrogen) atoms. The van der Waals surface area contributed by atoms with Crippen LogP contribution in [0.1, 0.15) is 30.6 Å². The topological polar surface area (TPSA) is 76.7 Å². The summed E-state index contributed by atoms with van der Waals surface area (Å²) in [6.45, 7) is 3.84. The quantitative estimate of drug-likeness (QED) is 0.761. The molecule has 0 saturated heterocycles. The highest BCUT2D eigenvalue weighted by Gasteiger charge is 2.09. The highest BCUT2D eigenvalue weighted by atomic mass is 16.5. The van der Waals surface area contributed by atoms with Crippen molar-refractivity contribution in [2.75, 3.05) is 19.0 Å². The molecular weight excluding hydrogens is 332 g/mol. The SMILES string of the molecule is CC[C@H](C)NC(=O)c1ccc(OCC(=O)Nc2cccc(OC)c2)cc1. The van der Waals surface area contributed by atoms with Crippen molar-refractivity contribution in [2.24, 2.45) is 0 Å². The molecular formula is C20H24N2O4. The second-order valence-corrected chi connectivity index (χ2v) is 5.88. The Balaban J connectivity index is 1.85. The zero-order valence-corrected chi connectivity index (χ0v) is 15.2. The van der Waals surface area contributed by atoms with Crippen LogP contribution in [0.15, 0.2) is 48.5 Å². The molecule has 2 rings (SSSR count). The zero-order chi connectivity index (χ0) is 18.9. The van der Waals surface area contributed by atoms with E-state index in [-0.39, 0.29) is 24.5 Å². The molecule has 0 aliphatic heterocycles. The molecule has 0 spiro atoms. The average molecular weight is 356 g/mol. The van der Waals surface area contributed by atoms with E-state index in [0.29, 0.717) is 22.7 Å². The van der Waals surface area contributed by atoms with E-state index in [1.165, 1.54) is 0 Å². The van der Waals surface area contributed by atoms with Gasteiger partial charge in [-0.15, -0.1) is 0 Å². The number of hydrogen-bond donors (Lipinski definition) is 2. The van der Waals surface area contributed by atoms with Crippen molar-refractivity contribution in [3.63, 3.8) is 0 Å². The predicted octanol–water partition coefficient (Wildman–Crippen LogP) is 3.24. The van der Waals surface area contributed by atoms with Crippen LogP contribution in [0.25, 0.3) is 0 Å². The summed E-state index contributed by atoms with van der Waals surface area (Å²) >= 11 is 0. The van der Waals surface area contributed by atoms with Gasteiger partial charge in [0.25, 0.3) is 11.8 Å². The summed E-state index contributed by atoms with van der Waals surface area (Å²) in [5, 5.41) is 5.63. The number of anilines is 1. The summed E-state index contributed by atoms with van der Waals surface area (Å²) < 4.78 is 10.6. The van der Waals surface area contributed by atoms with E-state index < -0.39 is 0 Å². The number of methoxy groups -OCH3 is 1. The molecule has 0 radical (unpaired) electrons. The van der Waals surface area contributed by atoms with Gasteiger partial charge in [-0.25, -0.2) is 0 Å². The molecule has 2 aromatic rings. The molecule has 2 amide bonds. The van der Waals surface area contributed by atoms with Crippen molar-refractivity contribution in [1.82, 2.24) is 5.32 Å². The van der Waals surface area contributed by atoms with Gasteiger partial charge in [-0.2, -0.15) is 0 Å². The second-order valence-electron chi connectivity index (χ2n) is 5.88. The van der Waals surface area contributed by atoms with Crippen molar-refractivity contribution in [1.29, 1.82) is 0 Å². The molecule has 6 heteroatoms. The molecule has 0 aromatic heterocycles. The van der Waals surface area contributed by atoms with Crippen LogP contribution in [0, 0.1) is 0 Å². The van der Waals surface area contributed by atoms with Gasteiger partial charge in [-0.1, -0.05) is 13.0 Å². The van der Waals surface area contributed by atoms with Gasteiger partial charge in [0.1, 0.15) is 11.5 Å². The van der Waals surface area contributed by atoms with Crippen LogP contribution in [0.5, 0.6) is 11.5 Å². The number of nitrogens with one attached hydrogen (secondary N) is 2. The van der Waals surface area contributed by atoms with Crippen molar-refractivity contribution < 1.29 is 19.1 Å². The summed E-state index contributed by atoms with van der Waals surface area (Å²) in [5.41, 5.74) is 1.19. The van der Waals surface area contributed by atoms with Gasteiger partial charge in [0.05, 0.1) is 7.11 Å². The first-order valence-electron chi connectivity index (χ1n) is 8.49. The molecule has 138 valence electrons. The zero-order valence-electron chi connectivity index (χ0n) is 15.2. The Labute approximate surface area is 153 Å². The van der Waals surface area contributed by atoms with Crippen LogP contribution in [-0.2, 0) is 4.79 Å². The number of carbonyl (C=O) groups excluding carboxylic acids is 2. The Morgan fingerprint density at radius 3 is 2.46 bits per heavy atom. The summed E-state index contributed by atoms with van der Waals surface area (Å²) in [5.74, 6) is 0.777. The van der Waals surface area contributed by atoms with Gasteiger partial charge in [0, 0.05) is 23.4 Å². The number of amides is 2. The molecule has 0 heterocycles. The fraction of sp³-hybridized carbons (Fsp3) is 0.300. The molecule has 0 bridgehead atoms. The van der Waals surface area contributed by atoms with Crippen LogP contribution >= 0.6 is 0 Å². The minimum atomic E-state index is -0.281. The van der Waals surface area contributed by atoms with Crippen LogP contribution in [0.3, 0.4) is 0 Å². The van der Waals surface area contributed by atoms with E-state index in [4.69, 9.17) is 9.47 Å². The van der Waals surface area contributed by atoms with Crippen LogP contribution in [0.2, 0.25) is 0 Å². The van der Waals surface area contributed by atoms with Crippen LogP contribution < -0.4 is 20.1 Å². The summed E-state index contributed by atoms with van der Waals surface area (Å²) in [6, 6.07) is 13.9. The highest BCUT2D eigenvalue weighted by molar-refractivity contribution is 5.94. The van der Waals surface area contributed by atoms with Crippen molar-refractivity contribution >= 4 is 17.5 Å². The van der Waals surface area contributed by atoms with Gasteiger partial charge < -0.3 is 20.1 Å². The average Bonchev–Trinajstić information content (AvgIpc) is 2.66. The minimum Gasteiger partial charge on any atom is -0.497 e. The maximum atomic E-state index is 12.0. The molecule has 0 fully saturated rings. The lowest BCUT2D eigenvalue weighted by Gasteiger charge is -2.12. The standard InChI is InChI=1S/C20H24N2O4/c1-4-14(2)21-20(24)15-8-10-17(11-9-15)26-13-19(23)22-16-6-5-7-18(12-16)25-3/h5-12,14H,4,13H2,1-3H3,(H,21,24)(H,22,23)/t14-/m0/s1. The number of rotatable bonds is 8.